The second-order valence-electron chi connectivity index (χ2n) is 7.86. The lowest BCUT2D eigenvalue weighted by molar-refractivity contribution is -0.140. The summed E-state index contributed by atoms with van der Waals surface area (Å²) in [6.45, 7) is 1.33. The van der Waals surface area contributed by atoms with Gasteiger partial charge in [-0.2, -0.15) is 23.0 Å². The van der Waals surface area contributed by atoms with Crippen molar-refractivity contribution < 1.29 is 27.1 Å². The Labute approximate surface area is 206 Å². The molecule has 0 saturated carbocycles. The average molecular weight is 517 g/mol. The first-order valence-electron chi connectivity index (χ1n) is 10.7. The molecule has 1 atom stereocenters. The van der Waals surface area contributed by atoms with E-state index in [1.165, 1.54) is 31.1 Å². The first-order chi connectivity index (χ1) is 17.5. The Kier molecular flexibility index (Phi) is 6.74. The zero-order valence-electron chi connectivity index (χ0n) is 19.6. The van der Waals surface area contributed by atoms with Gasteiger partial charge >= 0.3 is 6.18 Å². The minimum absolute atomic E-state index is 0.189. The fourth-order valence-corrected chi connectivity index (χ4v) is 3.61. The molecule has 0 bridgehead atoms. The molecule has 14 heteroatoms. The fourth-order valence-electron chi connectivity index (χ4n) is 3.61. The van der Waals surface area contributed by atoms with Crippen LogP contribution in [0, 0.1) is 5.82 Å². The van der Waals surface area contributed by atoms with Crippen molar-refractivity contribution in [2.24, 2.45) is 7.05 Å². The van der Waals surface area contributed by atoms with Crippen molar-refractivity contribution in [3.05, 3.63) is 81.8 Å². The number of aromatic nitrogens is 6. The van der Waals surface area contributed by atoms with Gasteiger partial charge in [-0.15, -0.1) is 5.10 Å². The monoisotopic (exact) mass is 517 g/mol. The van der Waals surface area contributed by atoms with Crippen LogP contribution in [0.25, 0.3) is 16.9 Å². The Hall–Kier alpha value is -4.62. The van der Waals surface area contributed by atoms with Gasteiger partial charge in [0.05, 0.1) is 48.1 Å². The molecule has 0 aliphatic heterocycles. The quantitative estimate of drug-likeness (QED) is 0.391. The highest BCUT2D eigenvalue weighted by molar-refractivity contribution is 5.92. The summed E-state index contributed by atoms with van der Waals surface area (Å²) >= 11 is 0. The minimum Gasteiger partial charge on any atom is -0.481 e. The highest BCUT2D eigenvalue weighted by Gasteiger charge is 2.35. The number of aryl methyl sites for hydroxylation is 1. The van der Waals surface area contributed by atoms with Gasteiger partial charge in [-0.3, -0.25) is 9.59 Å². The van der Waals surface area contributed by atoms with Gasteiger partial charge in [0.1, 0.15) is 11.5 Å². The number of nitrogens with one attached hydrogen (secondary N) is 1. The number of methoxy groups -OCH3 is 1. The van der Waals surface area contributed by atoms with E-state index in [1.54, 1.807) is 13.1 Å². The lowest BCUT2D eigenvalue weighted by atomic mass is 10.0. The summed E-state index contributed by atoms with van der Waals surface area (Å²) in [7, 11) is 3.07. The maximum Gasteiger partial charge on any atom is 0.419 e. The van der Waals surface area contributed by atoms with E-state index in [1.807, 2.05) is 0 Å². The third kappa shape index (κ3) is 5.03. The number of amides is 1. The van der Waals surface area contributed by atoms with Crippen LogP contribution in [-0.4, -0.2) is 42.8 Å². The molecule has 3 aromatic heterocycles. The van der Waals surface area contributed by atoms with Crippen LogP contribution in [-0.2, 0) is 13.2 Å². The number of pyridine rings is 1. The Morgan fingerprint density at radius 3 is 2.57 bits per heavy atom. The Balaban J connectivity index is 1.66. The molecule has 0 radical (unpaired) electrons. The molecule has 37 heavy (non-hydrogen) atoms. The Morgan fingerprint density at radius 1 is 1.16 bits per heavy atom. The molecule has 1 amide bonds. The number of hydrogen-bond donors (Lipinski definition) is 1. The predicted octanol–water partition coefficient (Wildman–Crippen LogP) is 3.08. The van der Waals surface area contributed by atoms with Crippen molar-refractivity contribution in [2.45, 2.75) is 19.1 Å². The third-order valence-electron chi connectivity index (χ3n) is 5.45. The number of halogens is 4. The number of rotatable bonds is 6. The van der Waals surface area contributed by atoms with E-state index in [2.05, 4.69) is 25.7 Å². The van der Waals surface area contributed by atoms with Gasteiger partial charge in [-0.05, 0) is 25.1 Å². The van der Waals surface area contributed by atoms with Crippen LogP contribution < -0.4 is 15.6 Å². The molecule has 0 aliphatic rings. The average Bonchev–Trinajstić information content (AvgIpc) is 3.28. The fraction of sp³-hybridized carbons (Fsp3) is 0.217. The van der Waals surface area contributed by atoms with Gasteiger partial charge in [0.2, 0.25) is 5.88 Å². The number of alkyl halides is 3. The van der Waals surface area contributed by atoms with Crippen molar-refractivity contribution in [1.82, 2.24) is 35.1 Å². The topological polar surface area (TPSA) is 117 Å². The highest BCUT2D eigenvalue weighted by Crippen LogP contribution is 2.34. The van der Waals surface area contributed by atoms with E-state index in [0.29, 0.717) is 17.3 Å². The smallest absolute Gasteiger partial charge is 0.419 e. The maximum absolute atomic E-state index is 14.5. The Bertz CT molecular complexity index is 1530. The van der Waals surface area contributed by atoms with Gasteiger partial charge in [-0.1, -0.05) is 17.3 Å². The zero-order chi connectivity index (χ0) is 26.9. The van der Waals surface area contributed by atoms with Gasteiger partial charge in [0.25, 0.3) is 11.5 Å². The standard InChI is InChI=1S/C23H19F4N7O3/c1-12(14-5-4-6-16(20(14)24)23(25,26)27)30-21(36)17-7-8-19(35)34(31-17)13-9-15(22(37-3)28-10-13)18-11-29-32-33(18)2/h4-12H,1-3H3,(H,30,36)/t12-/m1/s1. The van der Waals surface area contributed by atoms with Crippen LogP contribution in [0.4, 0.5) is 17.6 Å². The van der Waals surface area contributed by atoms with Crippen LogP contribution in [0.3, 0.4) is 0 Å². The molecule has 0 spiro atoms. The molecule has 4 rings (SSSR count). The lowest BCUT2D eigenvalue weighted by Gasteiger charge is -2.18. The van der Waals surface area contributed by atoms with Gasteiger partial charge in [-0.25, -0.2) is 14.1 Å². The number of carbonyl (C=O) groups is 1. The van der Waals surface area contributed by atoms with Gasteiger partial charge < -0.3 is 10.1 Å². The molecule has 3 heterocycles. The summed E-state index contributed by atoms with van der Waals surface area (Å²) in [6, 6.07) is 5.45. The molecule has 0 unspecified atom stereocenters. The number of ether oxygens (including phenoxy) is 1. The second kappa shape index (κ2) is 9.79. The zero-order valence-corrected chi connectivity index (χ0v) is 19.6. The third-order valence-corrected chi connectivity index (χ3v) is 5.45. The normalized spacial score (nSPS) is 12.3. The van der Waals surface area contributed by atoms with E-state index in [-0.39, 0.29) is 22.8 Å². The van der Waals surface area contributed by atoms with E-state index >= 15 is 0 Å². The van der Waals surface area contributed by atoms with Crippen LogP contribution in [0.15, 0.2) is 53.6 Å². The van der Waals surface area contributed by atoms with E-state index in [0.717, 1.165) is 28.9 Å². The maximum atomic E-state index is 14.5. The largest absolute Gasteiger partial charge is 0.481 e. The van der Waals surface area contributed by atoms with Crippen molar-refractivity contribution in [1.29, 1.82) is 0 Å². The first kappa shape index (κ1) is 25.5. The predicted molar refractivity (Wildman–Crippen MR) is 121 cm³/mol. The van der Waals surface area contributed by atoms with Crippen molar-refractivity contribution in [2.75, 3.05) is 7.11 Å². The highest BCUT2D eigenvalue weighted by atomic mass is 19.4. The SMILES string of the molecule is COc1ncc(-n2nc(C(=O)N[C@H](C)c3cccc(C(F)(F)F)c3F)ccc2=O)cc1-c1cnnn1C. The molecular formula is C23H19F4N7O3. The molecule has 10 nitrogen and oxygen atoms in total. The van der Waals surface area contributed by atoms with Crippen molar-refractivity contribution in [3.8, 4) is 22.8 Å². The molecule has 1 N–H and O–H groups in total. The summed E-state index contributed by atoms with van der Waals surface area (Å²) in [5.41, 5.74) is -1.45. The lowest BCUT2D eigenvalue weighted by Crippen LogP contribution is -2.31. The number of nitrogens with zero attached hydrogens (tertiary/aromatic N) is 6. The first-order valence-corrected chi connectivity index (χ1v) is 10.7. The van der Waals surface area contributed by atoms with Crippen LogP contribution in [0.2, 0.25) is 0 Å². The summed E-state index contributed by atoms with van der Waals surface area (Å²) < 4.78 is 61.3. The van der Waals surface area contributed by atoms with Crippen molar-refractivity contribution in [3.63, 3.8) is 0 Å². The molecular weight excluding hydrogens is 498 g/mol. The molecule has 0 aliphatic carbocycles. The molecule has 192 valence electrons. The van der Waals surface area contributed by atoms with Crippen LogP contribution in [0.5, 0.6) is 5.88 Å². The second-order valence-corrected chi connectivity index (χ2v) is 7.86. The van der Waals surface area contributed by atoms with Crippen LogP contribution >= 0.6 is 0 Å². The van der Waals surface area contributed by atoms with E-state index in [9.17, 15) is 27.2 Å². The molecule has 1 aromatic carbocycles. The number of hydrogen-bond acceptors (Lipinski definition) is 7. The number of benzene rings is 1. The van der Waals surface area contributed by atoms with Gasteiger partial charge in [0, 0.05) is 18.7 Å². The summed E-state index contributed by atoms with van der Waals surface area (Å²) in [6.07, 6.45) is -2.11. The summed E-state index contributed by atoms with van der Waals surface area (Å²) in [4.78, 5) is 29.6. The van der Waals surface area contributed by atoms with E-state index in [4.69, 9.17) is 4.74 Å². The summed E-state index contributed by atoms with van der Waals surface area (Å²) in [5.74, 6) is -2.09. The van der Waals surface area contributed by atoms with Crippen LogP contribution in [0.1, 0.15) is 34.6 Å². The molecule has 4 aromatic rings. The Morgan fingerprint density at radius 2 is 1.92 bits per heavy atom. The minimum atomic E-state index is -4.89. The van der Waals surface area contributed by atoms with Gasteiger partial charge in [0.15, 0.2) is 0 Å². The number of carbonyl (C=O) groups excluding carboxylic acids is 1. The van der Waals surface area contributed by atoms with Crippen molar-refractivity contribution >= 4 is 5.91 Å². The molecule has 0 saturated heterocycles. The molecule has 0 fully saturated rings. The van der Waals surface area contributed by atoms with E-state index < -0.39 is 35.1 Å². The summed E-state index contributed by atoms with van der Waals surface area (Å²) in [5, 5.41) is 14.2.